The summed E-state index contributed by atoms with van der Waals surface area (Å²) in [4.78, 5) is 11.6. The average Bonchev–Trinajstić information content (AvgIpc) is 2.63. The molecule has 0 aromatic heterocycles. The van der Waals surface area contributed by atoms with Gasteiger partial charge in [-0.1, -0.05) is 49.2 Å². The van der Waals surface area contributed by atoms with E-state index < -0.39 is 24.0 Å². The molecule has 0 radical (unpaired) electrons. The fourth-order valence-electron chi connectivity index (χ4n) is 3.40. The number of hydrogen-bond acceptors (Lipinski definition) is 3. The topological polar surface area (TPSA) is 83.5 Å². The molecule has 146 valence electrons. The van der Waals surface area contributed by atoms with E-state index in [0.29, 0.717) is 35.4 Å². The third-order valence-corrected chi connectivity index (χ3v) is 5.06. The molecule has 0 heterocycles. The second kappa shape index (κ2) is 9.31. The fourth-order valence-corrected chi connectivity index (χ4v) is 3.57. The molecule has 2 atom stereocenters. The second-order valence-electron chi connectivity index (χ2n) is 6.98. The van der Waals surface area contributed by atoms with Crippen LogP contribution in [-0.2, 0) is 11.2 Å². The highest BCUT2D eigenvalue weighted by Crippen LogP contribution is 2.31. The SMILES string of the molecule is CCCC(CO)(C[C@H](N)Cc1ccc(-c2cc(Cl)ccc2F)cc1)C(=O)O. The molecule has 0 saturated carbocycles. The zero-order valence-corrected chi connectivity index (χ0v) is 16.0. The Morgan fingerprint density at radius 3 is 2.48 bits per heavy atom. The number of carbonyl (C=O) groups is 1. The molecule has 0 fully saturated rings. The number of aliphatic hydroxyl groups is 1. The molecule has 0 bridgehead atoms. The van der Waals surface area contributed by atoms with Crippen molar-refractivity contribution < 1.29 is 19.4 Å². The summed E-state index contributed by atoms with van der Waals surface area (Å²) in [7, 11) is 0. The maximum Gasteiger partial charge on any atom is 0.312 e. The van der Waals surface area contributed by atoms with Crippen LogP contribution in [0.2, 0.25) is 5.02 Å². The van der Waals surface area contributed by atoms with E-state index in [2.05, 4.69) is 0 Å². The predicted octanol–water partition coefficient (Wildman–Crippen LogP) is 4.27. The summed E-state index contributed by atoms with van der Waals surface area (Å²) >= 11 is 5.94. The van der Waals surface area contributed by atoms with Gasteiger partial charge in [0, 0.05) is 16.6 Å². The second-order valence-corrected chi connectivity index (χ2v) is 7.42. The Morgan fingerprint density at radius 1 is 1.26 bits per heavy atom. The van der Waals surface area contributed by atoms with Gasteiger partial charge < -0.3 is 15.9 Å². The minimum atomic E-state index is -1.21. The number of carboxylic acid groups (broad SMARTS) is 1. The van der Waals surface area contributed by atoms with Gasteiger partial charge in [0.15, 0.2) is 0 Å². The molecule has 2 aromatic rings. The van der Waals surface area contributed by atoms with Crippen molar-refractivity contribution in [2.75, 3.05) is 6.61 Å². The highest BCUT2D eigenvalue weighted by Gasteiger charge is 2.38. The molecule has 1 unspecified atom stereocenters. The van der Waals surface area contributed by atoms with Crippen LogP contribution in [0.25, 0.3) is 11.1 Å². The predicted molar refractivity (Wildman–Crippen MR) is 105 cm³/mol. The first-order chi connectivity index (χ1) is 12.8. The number of aliphatic carboxylic acids is 1. The number of carboxylic acids is 1. The van der Waals surface area contributed by atoms with Crippen molar-refractivity contribution in [1.29, 1.82) is 0 Å². The summed E-state index contributed by atoms with van der Waals surface area (Å²) in [5, 5.41) is 19.6. The quantitative estimate of drug-likeness (QED) is 0.594. The summed E-state index contributed by atoms with van der Waals surface area (Å²) in [6.45, 7) is 1.45. The normalized spacial score (nSPS) is 14.6. The summed E-state index contributed by atoms with van der Waals surface area (Å²) in [5.41, 5.74) is 7.01. The number of halogens is 2. The average molecular weight is 394 g/mol. The molecule has 2 aromatic carbocycles. The van der Waals surface area contributed by atoms with Gasteiger partial charge in [-0.2, -0.15) is 0 Å². The van der Waals surface area contributed by atoms with Crippen molar-refractivity contribution in [2.45, 2.75) is 38.6 Å². The molecular formula is C21H25ClFNO3. The van der Waals surface area contributed by atoms with Crippen LogP contribution in [0.4, 0.5) is 4.39 Å². The lowest BCUT2D eigenvalue weighted by molar-refractivity contribution is -0.153. The lowest BCUT2D eigenvalue weighted by Gasteiger charge is -2.29. The Kier molecular flexibility index (Phi) is 7.36. The first-order valence-electron chi connectivity index (χ1n) is 8.95. The van der Waals surface area contributed by atoms with Gasteiger partial charge in [0.1, 0.15) is 5.82 Å². The van der Waals surface area contributed by atoms with Crippen LogP contribution in [0, 0.1) is 11.2 Å². The van der Waals surface area contributed by atoms with Gasteiger partial charge in [-0.15, -0.1) is 0 Å². The Morgan fingerprint density at radius 2 is 1.93 bits per heavy atom. The van der Waals surface area contributed by atoms with Crippen LogP contribution in [0.3, 0.4) is 0 Å². The number of rotatable bonds is 9. The monoisotopic (exact) mass is 393 g/mol. The minimum Gasteiger partial charge on any atom is -0.481 e. The van der Waals surface area contributed by atoms with E-state index in [9.17, 15) is 19.4 Å². The highest BCUT2D eigenvalue weighted by molar-refractivity contribution is 6.30. The Bertz CT molecular complexity index is 781. The molecule has 0 spiro atoms. The van der Waals surface area contributed by atoms with Crippen molar-refractivity contribution in [3.63, 3.8) is 0 Å². The standard InChI is InChI=1S/C21H25ClFNO3/c1-2-9-21(13-25,20(26)27)12-17(24)10-14-3-5-15(6-4-14)18-11-16(22)7-8-19(18)23/h3-8,11,17,25H,2,9-10,12-13,24H2,1H3,(H,26,27)/t17-,21?/m1/s1. The van der Waals surface area contributed by atoms with E-state index in [1.807, 2.05) is 19.1 Å². The molecular weight excluding hydrogens is 369 g/mol. The minimum absolute atomic E-state index is 0.192. The van der Waals surface area contributed by atoms with Crippen molar-refractivity contribution in [1.82, 2.24) is 0 Å². The van der Waals surface area contributed by atoms with E-state index in [4.69, 9.17) is 17.3 Å². The summed E-state index contributed by atoms with van der Waals surface area (Å²) in [5.74, 6) is -1.37. The number of hydrogen-bond donors (Lipinski definition) is 3. The summed E-state index contributed by atoms with van der Waals surface area (Å²) in [6, 6.07) is 11.3. The van der Waals surface area contributed by atoms with Gasteiger partial charge >= 0.3 is 5.97 Å². The molecule has 0 saturated heterocycles. The maximum atomic E-state index is 14.0. The van der Waals surface area contributed by atoms with Crippen molar-refractivity contribution >= 4 is 17.6 Å². The third kappa shape index (κ3) is 5.28. The number of benzene rings is 2. The van der Waals surface area contributed by atoms with Gasteiger partial charge in [-0.05, 0) is 48.6 Å². The van der Waals surface area contributed by atoms with Gasteiger partial charge in [-0.25, -0.2) is 4.39 Å². The van der Waals surface area contributed by atoms with E-state index in [0.717, 1.165) is 5.56 Å². The van der Waals surface area contributed by atoms with E-state index in [-0.39, 0.29) is 12.2 Å². The van der Waals surface area contributed by atoms with Gasteiger partial charge in [0.25, 0.3) is 0 Å². The van der Waals surface area contributed by atoms with E-state index in [1.165, 1.54) is 12.1 Å². The number of nitrogens with two attached hydrogens (primary N) is 1. The summed E-state index contributed by atoms with van der Waals surface area (Å²) in [6.07, 6.45) is 1.69. The Labute approximate surface area is 163 Å². The smallest absolute Gasteiger partial charge is 0.312 e. The Hall–Kier alpha value is -1.95. The molecule has 0 amide bonds. The van der Waals surface area contributed by atoms with E-state index in [1.54, 1.807) is 18.2 Å². The molecule has 0 aliphatic heterocycles. The van der Waals surface area contributed by atoms with Crippen LogP contribution >= 0.6 is 11.6 Å². The van der Waals surface area contributed by atoms with Crippen molar-refractivity contribution in [3.8, 4) is 11.1 Å². The lowest BCUT2D eigenvalue weighted by atomic mass is 9.77. The first-order valence-corrected chi connectivity index (χ1v) is 9.33. The van der Waals surface area contributed by atoms with Gasteiger partial charge in [0.2, 0.25) is 0 Å². The summed E-state index contributed by atoms with van der Waals surface area (Å²) < 4.78 is 14.0. The van der Waals surface area contributed by atoms with Crippen LogP contribution < -0.4 is 5.73 Å². The number of aliphatic hydroxyl groups excluding tert-OH is 1. The largest absolute Gasteiger partial charge is 0.481 e. The first kappa shape index (κ1) is 21.4. The van der Waals surface area contributed by atoms with Crippen LogP contribution in [0.1, 0.15) is 31.7 Å². The van der Waals surface area contributed by atoms with E-state index >= 15 is 0 Å². The van der Waals surface area contributed by atoms with Crippen LogP contribution in [0.15, 0.2) is 42.5 Å². The van der Waals surface area contributed by atoms with Gasteiger partial charge in [-0.3, -0.25) is 4.79 Å². The zero-order chi connectivity index (χ0) is 20.0. The molecule has 4 nitrogen and oxygen atoms in total. The molecule has 2 rings (SSSR count). The van der Waals surface area contributed by atoms with Crippen molar-refractivity contribution in [3.05, 3.63) is 58.9 Å². The molecule has 0 aliphatic carbocycles. The molecule has 0 aliphatic rings. The zero-order valence-electron chi connectivity index (χ0n) is 15.3. The fraction of sp³-hybridized carbons (Fsp3) is 0.381. The Balaban J connectivity index is 2.11. The third-order valence-electron chi connectivity index (χ3n) is 4.83. The lowest BCUT2D eigenvalue weighted by Crippen LogP contribution is -2.41. The van der Waals surface area contributed by atoms with Crippen LogP contribution in [-0.4, -0.2) is 28.8 Å². The molecule has 6 heteroatoms. The van der Waals surface area contributed by atoms with Crippen LogP contribution in [0.5, 0.6) is 0 Å². The highest BCUT2D eigenvalue weighted by atomic mass is 35.5. The van der Waals surface area contributed by atoms with Crippen molar-refractivity contribution in [2.24, 2.45) is 11.1 Å². The maximum absolute atomic E-state index is 14.0. The molecule has 4 N–H and O–H groups in total. The molecule has 27 heavy (non-hydrogen) atoms. The van der Waals surface area contributed by atoms with Gasteiger partial charge in [0.05, 0.1) is 12.0 Å².